The van der Waals surface area contributed by atoms with Gasteiger partial charge >= 0.3 is 0 Å². The fourth-order valence-electron chi connectivity index (χ4n) is 3.34. The van der Waals surface area contributed by atoms with Crippen LogP contribution in [0.15, 0.2) is 65.9 Å². The van der Waals surface area contributed by atoms with E-state index >= 15 is 0 Å². The Morgan fingerprint density at radius 1 is 1.18 bits per heavy atom. The molecule has 0 heterocycles. The van der Waals surface area contributed by atoms with Crippen LogP contribution in [0.25, 0.3) is 5.57 Å². The van der Waals surface area contributed by atoms with Gasteiger partial charge in [-0.3, -0.25) is 4.79 Å². The van der Waals surface area contributed by atoms with E-state index in [1.54, 1.807) is 33.4 Å². The van der Waals surface area contributed by atoms with Crippen molar-refractivity contribution in [3.8, 4) is 5.75 Å². The Bertz CT molecular complexity index is 997. The summed E-state index contributed by atoms with van der Waals surface area (Å²) in [5.74, 6) is 1.21. The standard InChI is InChI=1S/C26H34N4O3/c1-18(21-8-6-20(7-9-21)12-13-32-4)14-25(30-17-27)29-16-19(2)23-11-10-22(26(31)28-3)15-24(23)33-5/h6-11,14-15,17,19,29H,1,12-13,16H2,2-5H3,(H2,27,30)(H,28,31)/b25-14-. The molecule has 0 aromatic heterocycles. The van der Waals surface area contributed by atoms with Gasteiger partial charge in [-0.05, 0) is 46.9 Å². The highest BCUT2D eigenvalue weighted by Gasteiger charge is 2.15. The Hall–Kier alpha value is -3.58. The van der Waals surface area contributed by atoms with Gasteiger partial charge in [0.15, 0.2) is 0 Å². The number of nitrogens with zero attached hydrogens (tertiary/aromatic N) is 1. The number of carbonyl (C=O) groups excluding carboxylic acids is 1. The van der Waals surface area contributed by atoms with Gasteiger partial charge < -0.3 is 25.8 Å². The molecule has 176 valence electrons. The number of benzene rings is 2. The summed E-state index contributed by atoms with van der Waals surface area (Å²) in [4.78, 5) is 16.2. The number of aliphatic imine (C=N–C) groups is 1. The first-order valence-electron chi connectivity index (χ1n) is 10.8. The average molecular weight is 451 g/mol. The van der Waals surface area contributed by atoms with E-state index in [0.29, 0.717) is 30.3 Å². The Balaban J connectivity index is 2.11. The molecule has 33 heavy (non-hydrogen) atoms. The van der Waals surface area contributed by atoms with Gasteiger partial charge in [0.05, 0.1) is 20.1 Å². The number of hydrogen-bond donors (Lipinski definition) is 3. The topological polar surface area (TPSA) is 98.0 Å². The van der Waals surface area contributed by atoms with Gasteiger partial charge in [0.25, 0.3) is 5.91 Å². The van der Waals surface area contributed by atoms with Crippen LogP contribution in [0.3, 0.4) is 0 Å². The molecule has 0 fully saturated rings. The fourth-order valence-corrected chi connectivity index (χ4v) is 3.34. The molecule has 0 bridgehead atoms. The molecule has 1 unspecified atom stereocenters. The number of nitrogens with one attached hydrogen (secondary N) is 2. The summed E-state index contributed by atoms with van der Waals surface area (Å²) < 4.78 is 10.6. The number of amides is 1. The van der Waals surface area contributed by atoms with Gasteiger partial charge in [-0.15, -0.1) is 0 Å². The third-order valence-corrected chi connectivity index (χ3v) is 5.29. The highest BCUT2D eigenvalue weighted by atomic mass is 16.5. The lowest BCUT2D eigenvalue weighted by molar-refractivity contribution is 0.0962. The second-order valence-corrected chi connectivity index (χ2v) is 7.59. The summed E-state index contributed by atoms with van der Waals surface area (Å²) >= 11 is 0. The largest absolute Gasteiger partial charge is 0.496 e. The molecular weight excluding hydrogens is 416 g/mol. The first-order chi connectivity index (χ1) is 15.9. The summed E-state index contributed by atoms with van der Waals surface area (Å²) in [5.41, 5.74) is 10.1. The third-order valence-electron chi connectivity index (χ3n) is 5.29. The van der Waals surface area contributed by atoms with Crippen molar-refractivity contribution in [2.24, 2.45) is 10.7 Å². The molecule has 0 spiro atoms. The van der Waals surface area contributed by atoms with Gasteiger partial charge in [0.2, 0.25) is 0 Å². The van der Waals surface area contributed by atoms with Crippen molar-refractivity contribution in [2.75, 3.05) is 34.4 Å². The van der Waals surface area contributed by atoms with Crippen LogP contribution in [0.2, 0.25) is 0 Å². The maximum Gasteiger partial charge on any atom is 0.251 e. The number of rotatable bonds is 12. The summed E-state index contributed by atoms with van der Waals surface area (Å²) in [6, 6.07) is 13.7. The molecule has 2 aromatic carbocycles. The lowest BCUT2D eigenvalue weighted by Crippen LogP contribution is -2.21. The van der Waals surface area contributed by atoms with E-state index in [2.05, 4.69) is 41.3 Å². The SMILES string of the molecule is C=C(/C=C(\N=CN)NCC(C)c1ccc(C(=O)NC)cc1OC)c1ccc(CCOC)cc1. The van der Waals surface area contributed by atoms with E-state index in [0.717, 1.165) is 23.1 Å². The summed E-state index contributed by atoms with van der Waals surface area (Å²) in [6.45, 7) is 7.52. The van der Waals surface area contributed by atoms with Gasteiger partial charge in [-0.2, -0.15) is 0 Å². The lowest BCUT2D eigenvalue weighted by atomic mass is 9.98. The van der Waals surface area contributed by atoms with Gasteiger partial charge in [0, 0.05) is 32.2 Å². The molecule has 2 aromatic rings. The molecule has 2 rings (SSSR count). The van der Waals surface area contributed by atoms with Crippen molar-refractivity contribution in [1.29, 1.82) is 0 Å². The molecule has 0 aliphatic heterocycles. The summed E-state index contributed by atoms with van der Waals surface area (Å²) in [7, 11) is 4.90. The molecule has 0 aliphatic rings. The Morgan fingerprint density at radius 3 is 2.48 bits per heavy atom. The molecule has 0 saturated heterocycles. The molecule has 0 saturated carbocycles. The molecule has 1 atom stereocenters. The van der Waals surface area contributed by atoms with Crippen LogP contribution in [0, 0.1) is 0 Å². The number of nitrogens with two attached hydrogens (primary N) is 1. The van der Waals surface area contributed by atoms with Crippen LogP contribution in [0.1, 0.15) is 39.9 Å². The van der Waals surface area contributed by atoms with Gasteiger partial charge in [-0.25, -0.2) is 4.99 Å². The predicted octanol–water partition coefficient (Wildman–Crippen LogP) is 3.48. The van der Waals surface area contributed by atoms with E-state index in [1.807, 2.05) is 24.3 Å². The molecule has 4 N–H and O–H groups in total. The van der Waals surface area contributed by atoms with Gasteiger partial charge in [-0.1, -0.05) is 43.8 Å². The smallest absolute Gasteiger partial charge is 0.251 e. The highest BCUT2D eigenvalue weighted by Crippen LogP contribution is 2.28. The second-order valence-electron chi connectivity index (χ2n) is 7.59. The van der Waals surface area contributed by atoms with Crippen LogP contribution in [-0.4, -0.2) is 46.7 Å². The normalized spacial score (nSPS) is 12.4. The summed E-state index contributed by atoms with van der Waals surface area (Å²) in [6.07, 6.45) is 3.99. The third kappa shape index (κ3) is 7.50. The zero-order valence-electron chi connectivity index (χ0n) is 19.9. The molecule has 7 heteroatoms. The van der Waals surface area contributed by atoms with Crippen molar-refractivity contribution in [2.45, 2.75) is 19.3 Å². The molecule has 0 aliphatic carbocycles. The number of ether oxygens (including phenoxy) is 2. The summed E-state index contributed by atoms with van der Waals surface area (Å²) in [5, 5.41) is 5.95. The van der Waals surface area contributed by atoms with Gasteiger partial charge in [0.1, 0.15) is 11.6 Å². The van der Waals surface area contributed by atoms with Crippen LogP contribution in [-0.2, 0) is 11.2 Å². The zero-order valence-corrected chi connectivity index (χ0v) is 19.9. The molecule has 1 amide bonds. The van der Waals surface area contributed by atoms with Crippen molar-refractivity contribution in [3.63, 3.8) is 0 Å². The minimum absolute atomic E-state index is 0.0865. The predicted molar refractivity (Wildman–Crippen MR) is 135 cm³/mol. The Morgan fingerprint density at radius 2 is 1.88 bits per heavy atom. The first-order valence-corrected chi connectivity index (χ1v) is 10.8. The quantitative estimate of drug-likeness (QED) is 0.261. The van der Waals surface area contributed by atoms with Crippen LogP contribution in [0.5, 0.6) is 5.75 Å². The molecule has 7 nitrogen and oxygen atoms in total. The molecule has 0 radical (unpaired) electrons. The zero-order chi connectivity index (χ0) is 24.2. The average Bonchev–Trinajstić information content (AvgIpc) is 2.85. The van der Waals surface area contributed by atoms with Crippen LogP contribution >= 0.6 is 0 Å². The monoisotopic (exact) mass is 450 g/mol. The first kappa shape index (κ1) is 25.7. The van der Waals surface area contributed by atoms with E-state index < -0.39 is 0 Å². The van der Waals surface area contributed by atoms with Crippen molar-refractivity contribution >= 4 is 17.8 Å². The number of hydrogen-bond acceptors (Lipinski definition) is 5. The van der Waals surface area contributed by atoms with E-state index in [1.165, 1.54) is 11.9 Å². The number of methoxy groups -OCH3 is 2. The Labute approximate surface area is 196 Å². The van der Waals surface area contributed by atoms with Crippen molar-refractivity contribution in [3.05, 3.63) is 83.2 Å². The maximum atomic E-state index is 11.9. The second kappa shape index (κ2) is 13.1. The van der Waals surface area contributed by atoms with Crippen LogP contribution in [0.4, 0.5) is 0 Å². The fraction of sp³-hybridized carbons (Fsp3) is 0.308. The minimum Gasteiger partial charge on any atom is -0.496 e. The number of carbonyl (C=O) groups is 1. The number of allylic oxidation sites excluding steroid dienone is 2. The highest BCUT2D eigenvalue weighted by molar-refractivity contribution is 5.94. The van der Waals surface area contributed by atoms with Crippen LogP contribution < -0.4 is 21.1 Å². The lowest BCUT2D eigenvalue weighted by Gasteiger charge is -2.18. The minimum atomic E-state index is -0.154. The van der Waals surface area contributed by atoms with E-state index in [9.17, 15) is 4.79 Å². The maximum absolute atomic E-state index is 11.9. The van der Waals surface area contributed by atoms with E-state index in [4.69, 9.17) is 15.2 Å². The van der Waals surface area contributed by atoms with Crippen molar-refractivity contribution in [1.82, 2.24) is 10.6 Å². The Kier molecular flexibility index (Phi) is 10.2. The van der Waals surface area contributed by atoms with E-state index in [-0.39, 0.29) is 11.8 Å². The van der Waals surface area contributed by atoms with Crippen molar-refractivity contribution < 1.29 is 14.3 Å². The molecular formula is C26H34N4O3.